The first-order chi connectivity index (χ1) is 14.2. The Morgan fingerprint density at radius 3 is 2.07 bits per heavy atom. The summed E-state index contributed by atoms with van der Waals surface area (Å²) in [5.74, 6) is 0. The van der Waals surface area contributed by atoms with Crippen molar-refractivity contribution in [1.82, 2.24) is 0 Å². The Balaban J connectivity index is 2.19. The number of allylic oxidation sites excluding steroid dienone is 2. The number of rotatable bonds is 10. The van der Waals surface area contributed by atoms with Gasteiger partial charge in [0.2, 0.25) is 0 Å². The van der Waals surface area contributed by atoms with Crippen LogP contribution in [0.15, 0.2) is 85.0 Å². The number of nitrogens with two attached hydrogens (primary N) is 1. The molecule has 3 N–H and O–H groups in total. The average Bonchev–Trinajstić information content (AvgIpc) is 2.79. The van der Waals surface area contributed by atoms with E-state index in [1.807, 2.05) is 48.6 Å². The molecule has 2 aromatic rings. The SMILES string of the molecule is COC1(C(c2ccccc2)(c2ccccc2)C(O)CCCCCN)C=CC=CC1. The zero-order valence-electron chi connectivity index (χ0n) is 17.3. The van der Waals surface area contributed by atoms with Crippen molar-refractivity contribution in [2.24, 2.45) is 5.73 Å². The Morgan fingerprint density at radius 2 is 1.59 bits per heavy atom. The number of aliphatic hydroxyl groups excluding tert-OH is 1. The van der Waals surface area contributed by atoms with Gasteiger partial charge in [-0.25, -0.2) is 0 Å². The van der Waals surface area contributed by atoms with Gasteiger partial charge in [-0.3, -0.25) is 0 Å². The van der Waals surface area contributed by atoms with Gasteiger partial charge in [0.15, 0.2) is 0 Å². The number of hydrogen-bond donors (Lipinski definition) is 2. The fourth-order valence-corrected chi connectivity index (χ4v) is 4.81. The van der Waals surface area contributed by atoms with Crippen molar-refractivity contribution in [2.45, 2.75) is 49.2 Å². The van der Waals surface area contributed by atoms with Crippen molar-refractivity contribution in [3.05, 3.63) is 96.1 Å². The van der Waals surface area contributed by atoms with Crippen LogP contribution in [0.25, 0.3) is 0 Å². The minimum Gasteiger partial charge on any atom is -0.392 e. The Kier molecular flexibility index (Phi) is 7.43. The maximum Gasteiger partial charge on any atom is 0.106 e. The number of benzene rings is 2. The zero-order valence-corrected chi connectivity index (χ0v) is 17.3. The number of methoxy groups -OCH3 is 1. The summed E-state index contributed by atoms with van der Waals surface area (Å²) >= 11 is 0. The number of aliphatic hydroxyl groups is 1. The molecule has 0 radical (unpaired) electrons. The predicted molar refractivity (Wildman–Crippen MR) is 120 cm³/mol. The van der Waals surface area contributed by atoms with Gasteiger partial charge in [0.25, 0.3) is 0 Å². The minimum atomic E-state index is -0.728. The molecule has 29 heavy (non-hydrogen) atoms. The molecule has 0 amide bonds. The molecule has 0 aromatic heterocycles. The summed E-state index contributed by atoms with van der Waals surface area (Å²) in [6.45, 7) is 0.689. The molecule has 0 fully saturated rings. The molecular weight excluding hydrogens is 358 g/mol. The first-order valence-corrected chi connectivity index (χ1v) is 10.6. The van der Waals surface area contributed by atoms with Crippen LogP contribution in [-0.2, 0) is 10.2 Å². The Labute approximate surface area is 174 Å². The molecule has 0 saturated heterocycles. The van der Waals surface area contributed by atoms with Crippen molar-refractivity contribution in [3.63, 3.8) is 0 Å². The average molecular weight is 392 g/mol. The van der Waals surface area contributed by atoms with Crippen molar-refractivity contribution in [1.29, 1.82) is 0 Å². The Hall–Kier alpha value is -2.20. The van der Waals surface area contributed by atoms with E-state index in [-0.39, 0.29) is 0 Å². The van der Waals surface area contributed by atoms with Gasteiger partial charge < -0.3 is 15.6 Å². The highest BCUT2D eigenvalue weighted by molar-refractivity contribution is 5.49. The molecule has 3 nitrogen and oxygen atoms in total. The van der Waals surface area contributed by atoms with Crippen LogP contribution < -0.4 is 5.73 Å². The normalized spacial score (nSPS) is 20.0. The van der Waals surface area contributed by atoms with E-state index in [9.17, 15) is 5.11 Å². The fourth-order valence-electron chi connectivity index (χ4n) is 4.81. The largest absolute Gasteiger partial charge is 0.392 e. The molecule has 3 rings (SSSR count). The second-order valence-corrected chi connectivity index (χ2v) is 7.78. The molecule has 0 heterocycles. The van der Waals surface area contributed by atoms with Crippen molar-refractivity contribution in [2.75, 3.05) is 13.7 Å². The Bertz CT molecular complexity index is 760. The summed E-state index contributed by atoms with van der Waals surface area (Å²) in [7, 11) is 1.76. The van der Waals surface area contributed by atoms with Crippen LogP contribution in [0.1, 0.15) is 43.2 Å². The van der Waals surface area contributed by atoms with Gasteiger partial charge in [0, 0.05) is 7.11 Å². The predicted octanol–water partition coefficient (Wildman–Crippen LogP) is 4.75. The summed E-state index contributed by atoms with van der Waals surface area (Å²) in [4.78, 5) is 0. The molecule has 1 aliphatic rings. The van der Waals surface area contributed by atoms with Crippen LogP contribution in [0.4, 0.5) is 0 Å². The fraction of sp³-hybridized carbons (Fsp3) is 0.385. The summed E-state index contributed by atoms with van der Waals surface area (Å²) < 4.78 is 6.28. The van der Waals surface area contributed by atoms with E-state index >= 15 is 0 Å². The van der Waals surface area contributed by atoms with Gasteiger partial charge in [0.05, 0.1) is 11.5 Å². The third kappa shape index (κ3) is 4.09. The van der Waals surface area contributed by atoms with E-state index in [2.05, 4.69) is 36.4 Å². The van der Waals surface area contributed by atoms with E-state index in [4.69, 9.17) is 10.5 Å². The lowest BCUT2D eigenvalue weighted by molar-refractivity contribution is -0.0736. The number of hydrogen-bond acceptors (Lipinski definition) is 3. The standard InChI is InChI=1S/C26H33NO2/c1-29-25(19-11-5-12-20-25)26(22-14-6-2-7-15-22,23-16-8-3-9-17-23)24(28)18-10-4-13-21-27/h2-3,5-9,11-12,14-17,19,24,28H,4,10,13,18,20-21,27H2,1H3. The van der Waals surface area contributed by atoms with Gasteiger partial charge in [-0.1, -0.05) is 97.8 Å². The molecular formula is C26H33NO2. The summed E-state index contributed by atoms with van der Waals surface area (Å²) in [6.07, 6.45) is 12.0. The molecule has 0 bridgehead atoms. The second kappa shape index (κ2) is 10.0. The van der Waals surface area contributed by atoms with Gasteiger partial charge >= 0.3 is 0 Å². The van der Waals surface area contributed by atoms with Crippen LogP contribution >= 0.6 is 0 Å². The minimum absolute atomic E-state index is 0.610. The molecule has 154 valence electrons. The third-order valence-corrected chi connectivity index (χ3v) is 6.21. The molecule has 1 aliphatic carbocycles. The van der Waals surface area contributed by atoms with E-state index in [0.717, 1.165) is 30.4 Å². The Morgan fingerprint density at radius 1 is 0.966 bits per heavy atom. The lowest BCUT2D eigenvalue weighted by Gasteiger charge is -2.52. The maximum atomic E-state index is 11.8. The zero-order chi connectivity index (χ0) is 20.6. The number of unbranched alkanes of at least 4 members (excludes halogenated alkanes) is 2. The van der Waals surface area contributed by atoms with Crippen molar-refractivity contribution >= 4 is 0 Å². The van der Waals surface area contributed by atoms with Gasteiger partial charge in [-0.15, -0.1) is 0 Å². The van der Waals surface area contributed by atoms with E-state index in [1.54, 1.807) is 7.11 Å². The molecule has 0 spiro atoms. The second-order valence-electron chi connectivity index (χ2n) is 7.78. The first-order valence-electron chi connectivity index (χ1n) is 10.6. The van der Waals surface area contributed by atoms with E-state index in [0.29, 0.717) is 19.4 Å². The maximum absolute atomic E-state index is 11.8. The number of ether oxygens (including phenoxy) is 1. The summed E-state index contributed by atoms with van der Waals surface area (Å²) in [5.41, 5.74) is 6.40. The smallest absolute Gasteiger partial charge is 0.106 e. The van der Waals surface area contributed by atoms with E-state index in [1.165, 1.54) is 0 Å². The molecule has 2 unspecified atom stereocenters. The molecule has 0 saturated carbocycles. The highest BCUT2D eigenvalue weighted by Gasteiger charge is 2.56. The van der Waals surface area contributed by atoms with Crippen LogP contribution in [-0.4, -0.2) is 30.5 Å². The van der Waals surface area contributed by atoms with Gasteiger partial charge in [0.1, 0.15) is 5.60 Å². The highest BCUT2D eigenvalue weighted by Crippen LogP contribution is 2.51. The first kappa shape index (κ1) is 21.5. The lowest BCUT2D eigenvalue weighted by atomic mass is 9.57. The third-order valence-electron chi connectivity index (χ3n) is 6.21. The van der Waals surface area contributed by atoms with Crippen LogP contribution in [0.3, 0.4) is 0 Å². The van der Waals surface area contributed by atoms with Crippen LogP contribution in [0.5, 0.6) is 0 Å². The summed E-state index contributed by atoms with van der Waals surface area (Å²) in [6, 6.07) is 20.7. The molecule has 2 aromatic carbocycles. The van der Waals surface area contributed by atoms with Gasteiger partial charge in [-0.05, 0) is 36.9 Å². The monoisotopic (exact) mass is 391 g/mol. The quantitative estimate of drug-likeness (QED) is 0.575. The van der Waals surface area contributed by atoms with Crippen LogP contribution in [0.2, 0.25) is 0 Å². The highest BCUT2D eigenvalue weighted by atomic mass is 16.5. The lowest BCUT2D eigenvalue weighted by Crippen LogP contribution is -2.59. The molecule has 0 aliphatic heterocycles. The molecule has 3 heteroatoms. The molecule has 2 atom stereocenters. The van der Waals surface area contributed by atoms with Crippen molar-refractivity contribution in [3.8, 4) is 0 Å². The van der Waals surface area contributed by atoms with Gasteiger partial charge in [-0.2, -0.15) is 0 Å². The summed E-state index contributed by atoms with van der Waals surface area (Å²) in [5, 5.41) is 11.8. The van der Waals surface area contributed by atoms with Crippen LogP contribution in [0, 0.1) is 0 Å². The van der Waals surface area contributed by atoms with Crippen molar-refractivity contribution < 1.29 is 9.84 Å². The van der Waals surface area contributed by atoms with E-state index < -0.39 is 17.1 Å². The topological polar surface area (TPSA) is 55.5 Å².